The number of esters is 1. The van der Waals surface area contributed by atoms with Gasteiger partial charge in [0.25, 0.3) is 5.91 Å². The van der Waals surface area contributed by atoms with Crippen molar-refractivity contribution in [1.82, 2.24) is 5.32 Å². The van der Waals surface area contributed by atoms with Crippen LogP contribution in [0, 0.1) is 0 Å². The number of nitrogens with two attached hydrogens (primary N) is 1. The van der Waals surface area contributed by atoms with Crippen molar-refractivity contribution in [2.45, 2.75) is 18.9 Å². The van der Waals surface area contributed by atoms with Crippen molar-refractivity contribution in [3.63, 3.8) is 0 Å². The molecule has 4 N–H and O–H groups in total. The third kappa shape index (κ3) is 4.88. The number of hydrogen-bond donors (Lipinski definition) is 3. The summed E-state index contributed by atoms with van der Waals surface area (Å²) in [6, 6.07) is 5.43. The average molecular weight is 294 g/mol. The third-order valence-corrected chi connectivity index (χ3v) is 2.88. The summed E-state index contributed by atoms with van der Waals surface area (Å²) in [7, 11) is 1.15. The Bertz CT molecular complexity index is 530. The van der Waals surface area contributed by atoms with Gasteiger partial charge in [-0.3, -0.25) is 9.59 Å². The van der Waals surface area contributed by atoms with Gasteiger partial charge in [-0.15, -0.1) is 0 Å². The van der Waals surface area contributed by atoms with Crippen LogP contribution in [-0.4, -0.2) is 42.6 Å². The molecule has 1 aromatic rings. The Morgan fingerprint density at radius 1 is 1.33 bits per heavy atom. The van der Waals surface area contributed by atoms with E-state index < -0.39 is 30.3 Å². The highest BCUT2D eigenvalue weighted by molar-refractivity contribution is 5.98. The van der Waals surface area contributed by atoms with Crippen LogP contribution in [0.1, 0.15) is 22.3 Å². The number of aliphatic carboxylic acids is 1. The second-order valence-electron chi connectivity index (χ2n) is 4.34. The lowest BCUT2D eigenvalue weighted by Crippen LogP contribution is -2.42. The number of carboxylic acids is 1. The van der Waals surface area contributed by atoms with E-state index in [1.807, 2.05) is 0 Å². The molecule has 0 aliphatic heterocycles. The first-order valence-electron chi connectivity index (χ1n) is 6.38. The predicted molar refractivity (Wildman–Crippen MR) is 74.7 cm³/mol. The maximum Gasteiger partial charge on any atom is 0.326 e. The zero-order valence-corrected chi connectivity index (χ0v) is 11.7. The molecular weight excluding hydrogens is 276 g/mol. The first-order valence-corrected chi connectivity index (χ1v) is 6.38. The summed E-state index contributed by atoms with van der Waals surface area (Å²) >= 11 is 0. The highest BCUT2D eigenvalue weighted by atomic mass is 16.5. The smallest absolute Gasteiger partial charge is 0.326 e. The molecule has 1 amide bonds. The first-order chi connectivity index (χ1) is 9.99. The molecule has 0 saturated carbocycles. The van der Waals surface area contributed by atoms with E-state index in [1.54, 1.807) is 24.3 Å². The minimum atomic E-state index is -1.34. The molecule has 1 rings (SSSR count). The molecule has 7 heteroatoms. The Kier molecular flexibility index (Phi) is 6.35. The lowest BCUT2D eigenvalue weighted by molar-refractivity contribution is -0.147. The molecule has 114 valence electrons. The molecule has 0 radical (unpaired) electrons. The molecule has 0 aromatic heterocycles. The topological polar surface area (TPSA) is 119 Å². The van der Waals surface area contributed by atoms with Crippen LogP contribution < -0.4 is 11.1 Å². The summed E-state index contributed by atoms with van der Waals surface area (Å²) in [5.41, 5.74) is 6.54. The Morgan fingerprint density at radius 3 is 2.57 bits per heavy atom. The van der Waals surface area contributed by atoms with E-state index in [1.165, 1.54) is 0 Å². The van der Waals surface area contributed by atoms with Gasteiger partial charge in [0.05, 0.1) is 13.5 Å². The van der Waals surface area contributed by atoms with Crippen LogP contribution in [0.4, 0.5) is 0 Å². The van der Waals surface area contributed by atoms with E-state index in [-0.39, 0.29) is 0 Å². The van der Waals surface area contributed by atoms with Gasteiger partial charge in [-0.25, -0.2) is 4.79 Å². The standard InChI is InChI=1S/C14H18N2O5/c1-21-12(17)8-11(14(19)20)16-13(18)10-5-3-2-4-9(10)6-7-15/h2-5,11H,6-8,15H2,1H3,(H,16,18)(H,19,20)/t11-/m0/s1. The summed E-state index contributed by atoms with van der Waals surface area (Å²) in [5, 5.41) is 11.4. The van der Waals surface area contributed by atoms with E-state index in [9.17, 15) is 14.4 Å². The molecule has 0 heterocycles. The molecule has 0 fully saturated rings. The van der Waals surface area contributed by atoms with E-state index in [0.29, 0.717) is 18.5 Å². The minimum absolute atomic E-state index is 0.346. The van der Waals surface area contributed by atoms with E-state index in [0.717, 1.165) is 12.7 Å². The molecular formula is C14H18N2O5. The van der Waals surface area contributed by atoms with Gasteiger partial charge in [-0.2, -0.15) is 0 Å². The van der Waals surface area contributed by atoms with Gasteiger partial charge in [0.2, 0.25) is 0 Å². The Labute approximate surface area is 122 Å². The van der Waals surface area contributed by atoms with Gasteiger partial charge in [0.15, 0.2) is 0 Å². The van der Waals surface area contributed by atoms with Crippen LogP contribution >= 0.6 is 0 Å². The second-order valence-corrected chi connectivity index (χ2v) is 4.34. The lowest BCUT2D eigenvalue weighted by atomic mass is 10.0. The van der Waals surface area contributed by atoms with Crippen LogP contribution in [0.3, 0.4) is 0 Å². The molecule has 7 nitrogen and oxygen atoms in total. The van der Waals surface area contributed by atoms with E-state index >= 15 is 0 Å². The number of carbonyl (C=O) groups excluding carboxylic acids is 2. The van der Waals surface area contributed by atoms with E-state index in [4.69, 9.17) is 10.8 Å². The number of carboxylic acid groups (broad SMARTS) is 1. The Hall–Kier alpha value is -2.41. The monoisotopic (exact) mass is 294 g/mol. The SMILES string of the molecule is COC(=O)C[C@H](NC(=O)c1ccccc1CCN)C(=O)O. The predicted octanol–water partition coefficient (Wildman–Crippen LogP) is -0.0661. The zero-order valence-electron chi connectivity index (χ0n) is 11.7. The Balaban J connectivity index is 2.87. The highest BCUT2D eigenvalue weighted by Gasteiger charge is 2.24. The minimum Gasteiger partial charge on any atom is -0.480 e. The van der Waals surface area contributed by atoms with Crippen LogP contribution in [-0.2, 0) is 20.7 Å². The fourth-order valence-electron chi connectivity index (χ4n) is 1.80. The van der Waals surface area contributed by atoms with E-state index in [2.05, 4.69) is 10.1 Å². The van der Waals surface area contributed by atoms with Gasteiger partial charge in [0.1, 0.15) is 6.04 Å². The van der Waals surface area contributed by atoms with Crippen LogP contribution in [0.5, 0.6) is 0 Å². The van der Waals surface area contributed by atoms with Crippen molar-refractivity contribution in [2.75, 3.05) is 13.7 Å². The molecule has 0 unspecified atom stereocenters. The molecule has 0 aliphatic rings. The number of methoxy groups -OCH3 is 1. The van der Waals surface area contributed by atoms with Gasteiger partial charge in [0, 0.05) is 5.56 Å². The summed E-state index contributed by atoms with van der Waals surface area (Å²) < 4.78 is 4.41. The normalized spacial score (nSPS) is 11.5. The number of benzene rings is 1. The van der Waals surface area contributed by atoms with Crippen molar-refractivity contribution in [3.8, 4) is 0 Å². The molecule has 0 aliphatic carbocycles. The summed E-state index contributed by atoms with van der Waals surface area (Å²) in [4.78, 5) is 34.4. The van der Waals surface area contributed by atoms with Gasteiger partial charge in [-0.1, -0.05) is 18.2 Å². The average Bonchev–Trinajstić information content (AvgIpc) is 2.47. The highest BCUT2D eigenvalue weighted by Crippen LogP contribution is 2.10. The maximum atomic E-state index is 12.2. The molecule has 1 aromatic carbocycles. The van der Waals surface area contributed by atoms with Crippen molar-refractivity contribution >= 4 is 17.8 Å². The number of amides is 1. The molecule has 0 bridgehead atoms. The molecule has 0 spiro atoms. The summed E-state index contributed by atoms with van der Waals surface area (Å²) in [6.45, 7) is 0.370. The third-order valence-electron chi connectivity index (χ3n) is 2.88. The zero-order chi connectivity index (χ0) is 15.8. The number of nitrogens with one attached hydrogen (secondary N) is 1. The summed E-state index contributed by atoms with van der Waals surface area (Å²) in [6.07, 6.45) is 0.0644. The van der Waals surface area contributed by atoms with Crippen LogP contribution in [0.15, 0.2) is 24.3 Å². The second kappa shape index (κ2) is 8.01. The van der Waals surface area contributed by atoms with Crippen molar-refractivity contribution in [1.29, 1.82) is 0 Å². The van der Waals surface area contributed by atoms with Crippen LogP contribution in [0.25, 0.3) is 0 Å². The first kappa shape index (κ1) is 16.6. The van der Waals surface area contributed by atoms with Gasteiger partial charge >= 0.3 is 11.9 Å². The van der Waals surface area contributed by atoms with Gasteiger partial charge in [-0.05, 0) is 24.6 Å². The maximum absolute atomic E-state index is 12.2. The molecule has 0 saturated heterocycles. The van der Waals surface area contributed by atoms with Crippen molar-refractivity contribution in [2.24, 2.45) is 5.73 Å². The van der Waals surface area contributed by atoms with Crippen molar-refractivity contribution in [3.05, 3.63) is 35.4 Å². The quantitative estimate of drug-likeness (QED) is 0.606. The van der Waals surface area contributed by atoms with Crippen LogP contribution in [0.2, 0.25) is 0 Å². The lowest BCUT2D eigenvalue weighted by Gasteiger charge is -2.15. The largest absolute Gasteiger partial charge is 0.480 e. The number of hydrogen-bond acceptors (Lipinski definition) is 5. The van der Waals surface area contributed by atoms with Crippen molar-refractivity contribution < 1.29 is 24.2 Å². The summed E-state index contributed by atoms with van der Waals surface area (Å²) in [5.74, 6) is -2.57. The molecule has 21 heavy (non-hydrogen) atoms. The fraction of sp³-hybridized carbons (Fsp3) is 0.357. The van der Waals surface area contributed by atoms with Gasteiger partial charge < -0.3 is 20.9 Å². The molecule has 1 atom stereocenters. The fourth-order valence-corrected chi connectivity index (χ4v) is 1.80. The number of ether oxygens (including phenoxy) is 1. The number of carbonyl (C=O) groups is 3. The number of rotatable bonds is 7. The Morgan fingerprint density at radius 2 is 2.00 bits per heavy atom.